The fraction of sp³-hybridized carbons (Fsp3) is 0.286. The van der Waals surface area contributed by atoms with E-state index in [4.69, 9.17) is 0 Å². The van der Waals surface area contributed by atoms with Crippen molar-refractivity contribution in [2.75, 3.05) is 32.7 Å². The lowest BCUT2D eigenvalue weighted by molar-refractivity contribution is 0.103. The third-order valence-corrected chi connectivity index (χ3v) is 6.84. The van der Waals surface area contributed by atoms with Crippen LogP contribution in [-0.2, 0) is 6.42 Å². The monoisotopic (exact) mass is 427 g/mol. The normalized spacial score (nSPS) is 16.4. The number of para-hydroxylation sites is 1. The molecule has 4 aromatic rings. The number of piperazine rings is 1. The molecule has 1 aliphatic rings. The topological polar surface area (TPSA) is 22.3 Å². The second-order valence-electron chi connectivity index (χ2n) is 8.75. The number of hydrogen-bond donors (Lipinski definition) is 1. The van der Waals surface area contributed by atoms with E-state index in [2.05, 4.69) is 70.2 Å². The van der Waals surface area contributed by atoms with Crippen molar-refractivity contribution in [1.29, 1.82) is 0 Å². The molecular weight excluding hydrogens is 397 g/mol. The largest absolute Gasteiger partial charge is 0.354 e. The summed E-state index contributed by atoms with van der Waals surface area (Å²) >= 11 is 0. The summed E-state index contributed by atoms with van der Waals surface area (Å²) in [5, 5.41) is 1.24. The van der Waals surface area contributed by atoms with E-state index in [1.807, 2.05) is 12.1 Å². The summed E-state index contributed by atoms with van der Waals surface area (Å²) in [6.07, 6.45) is 0.949. The van der Waals surface area contributed by atoms with E-state index in [1.54, 1.807) is 12.1 Å². The summed E-state index contributed by atoms with van der Waals surface area (Å²) < 4.78 is 13.9. The van der Waals surface area contributed by atoms with Gasteiger partial charge in [-0.2, -0.15) is 0 Å². The van der Waals surface area contributed by atoms with Crippen LogP contribution in [-0.4, -0.2) is 47.5 Å². The first-order valence-electron chi connectivity index (χ1n) is 11.6. The average molecular weight is 428 g/mol. The number of nitrogens with zero attached hydrogens (tertiary/aromatic N) is 2. The summed E-state index contributed by atoms with van der Waals surface area (Å²) in [7, 11) is 0. The van der Waals surface area contributed by atoms with Crippen molar-refractivity contribution in [3.8, 4) is 11.3 Å². The number of halogens is 1. The molecule has 1 aliphatic heterocycles. The van der Waals surface area contributed by atoms with Crippen molar-refractivity contribution in [1.82, 2.24) is 14.8 Å². The molecule has 1 atom stereocenters. The number of aromatic amines is 1. The molecule has 0 radical (unpaired) electrons. The summed E-state index contributed by atoms with van der Waals surface area (Å²) in [6.45, 7) is 7.64. The highest BCUT2D eigenvalue weighted by Crippen LogP contribution is 2.31. The molecule has 1 unspecified atom stereocenters. The van der Waals surface area contributed by atoms with Crippen LogP contribution in [0.3, 0.4) is 0 Å². The molecule has 3 aromatic carbocycles. The predicted octanol–water partition coefficient (Wildman–Crippen LogP) is 5.90. The molecule has 1 aromatic heterocycles. The van der Waals surface area contributed by atoms with Crippen molar-refractivity contribution in [3.05, 3.63) is 95.8 Å². The molecule has 1 saturated heterocycles. The Morgan fingerprint density at radius 3 is 2.41 bits per heavy atom. The molecule has 0 bridgehead atoms. The van der Waals surface area contributed by atoms with E-state index in [9.17, 15) is 4.39 Å². The maximum Gasteiger partial charge on any atom is 0.123 e. The van der Waals surface area contributed by atoms with Gasteiger partial charge in [-0.25, -0.2) is 4.39 Å². The summed E-state index contributed by atoms with van der Waals surface area (Å²) in [5.41, 5.74) is 5.74. The highest BCUT2D eigenvalue weighted by Gasteiger charge is 2.22. The molecule has 32 heavy (non-hydrogen) atoms. The molecule has 1 N–H and O–H groups in total. The van der Waals surface area contributed by atoms with Crippen molar-refractivity contribution in [3.63, 3.8) is 0 Å². The highest BCUT2D eigenvalue weighted by atomic mass is 19.1. The van der Waals surface area contributed by atoms with Crippen molar-refractivity contribution in [2.24, 2.45) is 0 Å². The zero-order valence-electron chi connectivity index (χ0n) is 18.6. The first-order chi connectivity index (χ1) is 15.7. The van der Waals surface area contributed by atoms with Gasteiger partial charge >= 0.3 is 0 Å². The Balaban J connectivity index is 1.28. The molecule has 5 rings (SSSR count). The Morgan fingerprint density at radius 2 is 1.62 bits per heavy atom. The first-order valence-corrected chi connectivity index (χ1v) is 11.6. The second-order valence-corrected chi connectivity index (χ2v) is 8.75. The third kappa shape index (κ3) is 4.34. The molecular formula is C28H30FN3. The predicted molar refractivity (Wildman–Crippen MR) is 130 cm³/mol. The number of H-pyrrole nitrogens is 1. The van der Waals surface area contributed by atoms with Gasteiger partial charge in [-0.05, 0) is 42.7 Å². The Hall–Kier alpha value is -2.95. The Labute approximate surface area is 189 Å². The van der Waals surface area contributed by atoms with Gasteiger partial charge in [0.2, 0.25) is 0 Å². The van der Waals surface area contributed by atoms with E-state index < -0.39 is 0 Å². The van der Waals surface area contributed by atoms with Crippen LogP contribution in [0.25, 0.3) is 22.2 Å². The maximum absolute atomic E-state index is 13.9. The molecule has 164 valence electrons. The van der Waals surface area contributed by atoms with Crippen LogP contribution in [0.2, 0.25) is 0 Å². The zero-order valence-corrected chi connectivity index (χ0v) is 18.6. The van der Waals surface area contributed by atoms with Gasteiger partial charge in [0.1, 0.15) is 5.82 Å². The molecule has 1 fully saturated rings. The number of rotatable bonds is 6. The van der Waals surface area contributed by atoms with Crippen LogP contribution in [0, 0.1) is 5.82 Å². The minimum Gasteiger partial charge on any atom is -0.354 e. The van der Waals surface area contributed by atoms with Gasteiger partial charge in [0.15, 0.2) is 0 Å². The lowest BCUT2D eigenvalue weighted by atomic mass is 10.0. The third-order valence-electron chi connectivity index (χ3n) is 6.84. The quantitative estimate of drug-likeness (QED) is 0.414. The Morgan fingerprint density at radius 1 is 0.875 bits per heavy atom. The van der Waals surface area contributed by atoms with Gasteiger partial charge in [-0.3, -0.25) is 4.90 Å². The van der Waals surface area contributed by atoms with E-state index in [1.165, 1.54) is 22.6 Å². The van der Waals surface area contributed by atoms with Crippen LogP contribution >= 0.6 is 0 Å². The SMILES string of the molecule is CC(c1ccccc1)N1CCN(CCc2c(-c3cccc(F)c3)[nH]c3ccccc23)CC1. The number of nitrogens with one attached hydrogen (secondary N) is 1. The lowest BCUT2D eigenvalue weighted by Crippen LogP contribution is -2.47. The number of fused-ring (bicyclic) bond motifs is 1. The average Bonchev–Trinajstić information content (AvgIpc) is 3.22. The first kappa shape index (κ1) is 20.9. The number of aromatic nitrogens is 1. The van der Waals surface area contributed by atoms with Gasteiger partial charge < -0.3 is 9.88 Å². The summed E-state index contributed by atoms with van der Waals surface area (Å²) in [6, 6.07) is 26.5. The molecule has 2 heterocycles. The van der Waals surface area contributed by atoms with Gasteiger partial charge in [0.25, 0.3) is 0 Å². The number of hydrogen-bond acceptors (Lipinski definition) is 2. The van der Waals surface area contributed by atoms with Crippen molar-refractivity contribution < 1.29 is 4.39 Å². The van der Waals surface area contributed by atoms with Crippen LogP contribution in [0.4, 0.5) is 4.39 Å². The zero-order chi connectivity index (χ0) is 21.9. The van der Waals surface area contributed by atoms with E-state index in [-0.39, 0.29) is 5.82 Å². The van der Waals surface area contributed by atoms with Crippen LogP contribution in [0.15, 0.2) is 78.9 Å². The van der Waals surface area contributed by atoms with Crippen molar-refractivity contribution >= 4 is 10.9 Å². The maximum atomic E-state index is 13.9. The smallest absolute Gasteiger partial charge is 0.123 e. The standard InChI is InChI=1S/C28H30FN3/c1-21(22-8-3-2-4-9-22)32-18-16-31(17-19-32)15-14-26-25-12-5-6-13-27(25)30-28(26)23-10-7-11-24(29)20-23/h2-13,20-21,30H,14-19H2,1H3. The highest BCUT2D eigenvalue weighted by molar-refractivity contribution is 5.90. The van der Waals surface area contributed by atoms with Gasteiger partial charge in [-0.1, -0.05) is 60.7 Å². The van der Waals surface area contributed by atoms with Crippen LogP contribution in [0.1, 0.15) is 24.1 Å². The molecule has 0 spiro atoms. The summed E-state index contributed by atoms with van der Waals surface area (Å²) in [5.74, 6) is -0.198. The fourth-order valence-electron chi connectivity index (χ4n) is 4.94. The number of benzene rings is 3. The van der Waals surface area contributed by atoms with Crippen LogP contribution < -0.4 is 0 Å². The van der Waals surface area contributed by atoms with Gasteiger partial charge in [0, 0.05) is 60.9 Å². The fourth-order valence-corrected chi connectivity index (χ4v) is 4.94. The summed E-state index contributed by atoms with van der Waals surface area (Å²) in [4.78, 5) is 8.68. The molecule has 0 amide bonds. The minimum atomic E-state index is -0.198. The van der Waals surface area contributed by atoms with Crippen LogP contribution in [0.5, 0.6) is 0 Å². The molecule has 0 saturated carbocycles. The molecule has 0 aliphatic carbocycles. The van der Waals surface area contributed by atoms with Gasteiger partial charge in [-0.15, -0.1) is 0 Å². The van der Waals surface area contributed by atoms with Crippen molar-refractivity contribution in [2.45, 2.75) is 19.4 Å². The van der Waals surface area contributed by atoms with Gasteiger partial charge in [0.05, 0.1) is 0 Å². The second kappa shape index (κ2) is 9.27. The Kier molecular flexibility index (Phi) is 6.06. The lowest BCUT2D eigenvalue weighted by Gasteiger charge is -2.38. The minimum absolute atomic E-state index is 0.198. The molecule has 4 heteroatoms. The van der Waals surface area contributed by atoms with E-state index in [0.29, 0.717) is 6.04 Å². The Bertz CT molecular complexity index is 1180. The van der Waals surface area contributed by atoms with E-state index >= 15 is 0 Å². The van der Waals surface area contributed by atoms with E-state index in [0.717, 1.165) is 55.9 Å². The molecule has 3 nitrogen and oxygen atoms in total.